The predicted octanol–water partition coefficient (Wildman–Crippen LogP) is 0.380. The van der Waals surface area contributed by atoms with E-state index in [2.05, 4.69) is 10.3 Å². The highest BCUT2D eigenvalue weighted by Gasteiger charge is 2.13. The van der Waals surface area contributed by atoms with E-state index < -0.39 is 6.10 Å². The Morgan fingerprint density at radius 2 is 2.37 bits per heavy atom. The fourth-order valence-corrected chi connectivity index (χ4v) is 1.81. The summed E-state index contributed by atoms with van der Waals surface area (Å²) in [6.45, 7) is 2.28. The van der Waals surface area contributed by atoms with Crippen molar-refractivity contribution in [2.75, 3.05) is 20.3 Å². The van der Waals surface area contributed by atoms with E-state index in [9.17, 15) is 9.90 Å². The first-order valence-electron chi connectivity index (χ1n) is 6.00. The van der Waals surface area contributed by atoms with Crippen molar-refractivity contribution in [1.82, 2.24) is 14.7 Å². The fraction of sp³-hybridized carbons (Fsp3) is 0.385. The molecule has 102 valence electrons. The van der Waals surface area contributed by atoms with E-state index in [-0.39, 0.29) is 19.1 Å². The average molecular weight is 263 g/mol. The van der Waals surface area contributed by atoms with Crippen molar-refractivity contribution < 1.29 is 14.6 Å². The van der Waals surface area contributed by atoms with Gasteiger partial charge < -0.3 is 15.2 Å². The van der Waals surface area contributed by atoms with Gasteiger partial charge in [-0.25, -0.2) is 4.98 Å². The molecule has 0 aliphatic carbocycles. The number of rotatable bonds is 5. The minimum atomic E-state index is -0.713. The highest BCUT2D eigenvalue weighted by atomic mass is 16.5. The van der Waals surface area contributed by atoms with E-state index in [1.165, 1.54) is 13.3 Å². The summed E-state index contributed by atoms with van der Waals surface area (Å²) in [7, 11) is 1.50. The van der Waals surface area contributed by atoms with E-state index in [0.717, 1.165) is 5.56 Å². The number of nitrogens with zero attached hydrogens (tertiary/aromatic N) is 2. The second-order valence-corrected chi connectivity index (χ2v) is 4.40. The van der Waals surface area contributed by atoms with Gasteiger partial charge in [-0.3, -0.25) is 9.20 Å². The standard InChI is InChI=1S/C13H17N3O3/c1-9-3-4-12-14-6-11(16(12)7-9)13(18)15-5-10(17)8-19-2/h3-4,6-7,10,17H,5,8H2,1-2H3,(H,15,18). The number of carbonyl (C=O) groups excluding carboxylic acids is 1. The molecule has 0 bridgehead atoms. The van der Waals surface area contributed by atoms with Crippen LogP contribution in [0.3, 0.4) is 0 Å². The molecule has 0 aliphatic heterocycles. The molecular weight excluding hydrogens is 246 g/mol. The molecule has 0 spiro atoms. The lowest BCUT2D eigenvalue weighted by molar-refractivity contribution is 0.0608. The van der Waals surface area contributed by atoms with Gasteiger partial charge in [0.1, 0.15) is 11.3 Å². The second kappa shape index (κ2) is 5.81. The molecule has 1 atom stereocenters. The van der Waals surface area contributed by atoms with Crippen LogP contribution in [0.4, 0.5) is 0 Å². The maximum atomic E-state index is 12.0. The van der Waals surface area contributed by atoms with Gasteiger partial charge in [-0.05, 0) is 18.6 Å². The highest BCUT2D eigenvalue weighted by Crippen LogP contribution is 2.08. The Kier molecular flexibility index (Phi) is 4.13. The number of amides is 1. The first kappa shape index (κ1) is 13.5. The highest BCUT2D eigenvalue weighted by molar-refractivity contribution is 5.93. The molecule has 2 aromatic heterocycles. The minimum absolute atomic E-state index is 0.145. The lowest BCUT2D eigenvalue weighted by Crippen LogP contribution is -2.34. The molecule has 2 heterocycles. The van der Waals surface area contributed by atoms with E-state index >= 15 is 0 Å². The van der Waals surface area contributed by atoms with Gasteiger partial charge in [-0.1, -0.05) is 6.07 Å². The van der Waals surface area contributed by atoms with Gasteiger partial charge >= 0.3 is 0 Å². The number of nitrogens with one attached hydrogen (secondary N) is 1. The zero-order valence-corrected chi connectivity index (χ0v) is 11.0. The Bertz CT molecular complexity index is 580. The molecule has 2 aromatic rings. The zero-order chi connectivity index (χ0) is 13.8. The molecule has 0 aliphatic rings. The summed E-state index contributed by atoms with van der Waals surface area (Å²) in [6, 6.07) is 3.79. The molecule has 2 N–H and O–H groups in total. The number of aliphatic hydroxyl groups excluding tert-OH is 1. The van der Waals surface area contributed by atoms with E-state index in [1.54, 1.807) is 4.40 Å². The second-order valence-electron chi connectivity index (χ2n) is 4.40. The summed E-state index contributed by atoms with van der Waals surface area (Å²) in [5.41, 5.74) is 2.20. The van der Waals surface area contributed by atoms with E-state index in [0.29, 0.717) is 11.3 Å². The summed E-state index contributed by atoms with van der Waals surface area (Å²) in [5, 5.41) is 12.1. The molecular formula is C13H17N3O3. The first-order chi connectivity index (χ1) is 9.11. The molecule has 0 aromatic carbocycles. The third-order valence-corrected chi connectivity index (χ3v) is 2.74. The van der Waals surface area contributed by atoms with Gasteiger partial charge in [0.2, 0.25) is 0 Å². The summed E-state index contributed by atoms with van der Waals surface area (Å²) in [4.78, 5) is 16.2. The smallest absolute Gasteiger partial charge is 0.270 e. The largest absolute Gasteiger partial charge is 0.389 e. The van der Waals surface area contributed by atoms with Gasteiger partial charge in [-0.15, -0.1) is 0 Å². The van der Waals surface area contributed by atoms with Gasteiger partial charge in [0.25, 0.3) is 5.91 Å². The minimum Gasteiger partial charge on any atom is -0.389 e. The van der Waals surface area contributed by atoms with Crippen LogP contribution in [0, 0.1) is 6.92 Å². The Hall–Kier alpha value is -1.92. The lowest BCUT2D eigenvalue weighted by Gasteiger charge is -2.10. The van der Waals surface area contributed by atoms with Crippen LogP contribution < -0.4 is 5.32 Å². The number of pyridine rings is 1. The molecule has 0 radical (unpaired) electrons. The number of ether oxygens (including phenoxy) is 1. The number of carbonyl (C=O) groups is 1. The number of hydrogen-bond acceptors (Lipinski definition) is 4. The fourth-order valence-electron chi connectivity index (χ4n) is 1.81. The van der Waals surface area contributed by atoms with Crippen molar-refractivity contribution in [2.24, 2.45) is 0 Å². The number of methoxy groups -OCH3 is 1. The number of aromatic nitrogens is 2. The number of hydrogen-bond donors (Lipinski definition) is 2. The maximum Gasteiger partial charge on any atom is 0.270 e. The number of aliphatic hydroxyl groups is 1. The summed E-state index contributed by atoms with van der Waals surface area (Å²) in [6.07, 6.45) is 2.66. The molecule has 0 saturated carbocycles. The Morgan fingerprint density at radius 1 is 1.58 bits per heavy atom. The van der Waals surface area contributed by atoms with Crippen molar-refractivity contribution in [2.45, 2.75) is 13.0 Å². The van der Waals surface area contributed by atoms with E-state index in [1.807, 2.05) is 25.3 Å². The Balaban J connectivity index is 2.11. The number of fused-ring (bicyclic) bond motifs is 1. The van der Waals surface area contributed by atoms with Crippen molar-refractivity contribution in [3.63, 3.8) is 0 Å². The summed E-state index contributed by atoms with van der Waals surface area (Å²) in [5.74, 6) is -0.270. The van der Waals surface area contributed by atoms with Crippen LogP contribution in [0.2, 0.25) is 0 Å². The lowest BCUT2D eigenvalue weighted by atomic mass is 10.3. The van der Waals surface area contributed by atoms with Crippen LogP contribution in [0.1, 0.15) is 16.1 Å². The molecule has 1 unspecified atom stereocenters. The first-order valence-corrected chi connectivity index (χ1v) is 6.00. The molecule has 1 amide bonds. The topological polar surface area (TPSA) is 75.9 Å². The van der Waals surface area contributed by atoms with Crippen molar-refractivity contribution in [1.29, 1.82) is 0 Å². The predicted molar refractivity (Wildman–Crippen MR) is 70.1 cm³/mol. The number of imidazole rings is 1. The van der Waals surface area contributed by atoms with Gasteiger partial charge in [0.15, 0.2) is 0 Å². The third kappa shape index (κ3) is 3.10. The molecule has 2 rings (SSSR count). The van der Waals surface area contributed by atoms with Crippen molar-refractivity contribution in [3.05, 3.63) is 35.8 Å². The maximum absolute atomic E-state index is 12.0. The Labute approximate surface area is 111 Å². The van der Waals surface area contributed by atoms with Crippen LogP contribution in [0.5, 0.6) is 0 Å². The van der Waals surface area contributed by atoms with Crippen molar-refractivity contribution in [3.8, 4) is 0 Å². The van der Waals surface area contributed by atoms with Crippen LogP contribution in [-0.2, 0) is 4.74 Å². The SMILES string of the molecule is COCC(O)CNC(=O)c1cnc2ccc(C)cn12. The van der Waals surface area contributed by atoms with Crippen molar-refractivity contribution >= 4 is 11.6 Å². The van der Waals surface area contributed by atoms with E-state index in [4.69, 9.17) is 4.74 Å². The Morgan fingerprint density at radius 3 is 3.11 bits per heavy atom. The van der Waals surface area contributed by atoms with Crippen LogP contribution in [-0.4, -0.2) is 46.8 Å². The monoisotopic (exact) mass is 263 g/mol. The summed E-state index contributed by atoms with van der Waals surface area (Å²) < 4.78 is 6.52. The normalized spacial score (nSPS) is 12.6. The molecule has 6 heteroatoms. The van der Waals surface area contributed by atoms with Gasteiger partial charge in [0, 0.05) is 19.9 Å². The average Bonchev–Trinajstić information content (AvgIpc) is 2.79. The van der Waals surface area contributed by atoms with Gasteiger partial charge in [-0.2, -0.15) is 0 Å². The molecule has 0 fully saturated rings. The number of aryl methyl sites for hydroxylation is 1. The molecule has 6 nitrogen and oxygen atoms in total. The van der Waals surface area contributed by atoms with Crippen LogP contribution in [0.25, 0.3) is 5.65 Å². The quantitative estimate of drug-likeness (QED) is 0.817. The zero-order valence-electron chi connectivity index (χ0n) is 11.0. The van der Waals surface area contributed by atoms with Crippen LogP contribution in [0.15, 0.2) is 24.5 Å². The summed E-state index contributed by atoms with van der Waals surface area (Å²) >= 11 is 0. The van der Waals surface area contributed by atoms with Crippen LogP contribution >= 0.6 is 0 Å². The third-order valence-electron chi connectivity index (χ3n) is 2.74. The molecule has 19 heavy (non-hydrogen) atoms. The van der Waals surface area contributed by atoms with Gasteiger partial charge in [0.05, 0.1) is 18.9 Å². The molecule has 0 saturated heterocycles.